The van der Waals surface area contributed by atoms with Crippen LogP contribution in [0.25, 0.3) is 0 Å². The molecule has 3 rings (SSSR count). The van der Waals surface area contributed by atoms with Crippen LogP contribution in [-0.2, 0) is 17.9 Å². The van der Waals surface area contributed by atoms with Crippen LogP contribution in [0.5, 0.6) is 5.75 Å². The molecule has 1 heterocycles. The maximum Gasteiger partial charge on any atom is 0.287 e. The van der Waals surface area contributed by atoms with Gasteiger partial charge < -0.3 is 14.5 Å². The molecular formula is C20H21N3O3S. The van der Waals surface area contributed by atoms with Crippen LogP contribution in [0, 0.1) is 25.6 Å². The van der Waals surface area contributed by atoms with Gasteiger partial charge in [-0.3, -0.25) is 4.79 Å². The van der Waals surface area contributed by atoms with E-state index in [2.05, 4.69) is 10.4 Å². The van der Waals surface area contributed by atoms with Gasteiger partial charge in [0.25, 0.3) is 10.7 Å². The van der Waals surface area contributed by atoms with Crippen molar-refractivity contribution in [1.82, 2.24) is 9.78 Å². The van der Waals surface area contributed by atoms with E-state index >= 15 is 0 Å². The van der Waals surface area contributed by atoms with Crippen molar-refractivity contribution in [2.24, 2.45) is 0 Å². The molecule has 0 atom stereocenters. The molecule has 6 nitrogen and oxygen atoms in total. The van der Waals surface area contributed by atoms with E-state index in [0.717, 1.165) is 28.1 Å². The van der Waals surface area contributed by atoms with Crippen molar-refractivity contribution >= 4 is 23.8 Å². The van der Waals surface area contributed by atoms with Gasteiger partial charge in [0.1, 0.15) is 12.3 Å². The van der Waals surface area contributed by atoms with Crippen molar-refractivity contribution in [3.63, 3.8) is 0 Å². The van der Waals surface area contributed by atoms with E-state index in [-0.39, 0.29) is 23.9 Å². The topological polar surface area (TPSA) is 69.3 Å². The molecule has 0 unspecified atom stereocenters. The van der Waals surface area contributed by atoms with Gasteiger partial charge in [-0.05, 0) is 62.3 Å². The molecular weight excluding hydrogens is 362 g/mol. The van der Waals surface area contributed by atoms with Crippen molar-refractivity contribution in [1.29, 1.82) is 0 Å². The Morgan fingerprint density at radius 3 is 2.70 bits per heavy atom. The molecule has 0 fully saturated rings. The number of benzene rings is 2. The zero-order valence-electron chi connectivity index (χ0n) is 15.5. The van der Waals surface area contributed by atoms with Gasteiger partial charge in [-0.15, -0.1) is 5.10 Å². The van der Waals surface area contributed by atoms with E-state index in [1.807, 2.05) is 63.2 Å². The van der Waals surface area contributed by atoms with Crippen LogP contribution in [0.15, 0.2) is 46.9 Å². The highest BCUT2D eigenvalue weighted by Gasteiger charge is 2.11. The number of hydrogen-bond donors (Lipinski definition) is 1. The van der Waals surface area contributed by atoms with E-state index in [4.69, 9.17) is 21.4 Å². The van der Waals surface area contributed by atoms with Gasteiger partial charge in [-0.2, -0.15) is 0 Å². The van der Waals surface area contributed by atoms with Crippen molar-refractivity contribution in [2.45, 2.75) is 33.9 Å². The third-order valence-corrected chi connectivity index (χ3v) is 4.24. The quantitative estimate of drug-likeness (QED) is 0.641. The van der Waals surface area contributed by atoms with Gasteiger partial charge in [-0.25, -0.2) is 4.68 Å². The lowest BCUT2D eigenvalue weighted by atomic mass is 10.1. The first-order valence-electron chi connectivity index (χ1n) is 8.54. The summed E-state index contributed by atoms with van der Waals surface area (Å²) < 4.78 is 12.4. The number of rotatable bonds is 6. The molecule has 1 aromatic heterocycles. The van der Waals surface area contributed by atoms with Crippen LogP contribution in [0.3, 0.4) is 0 Å². The fourth-order valence-electron chi connectivity index (χ4n) is 2.64. The molecule has 0 radical (unpaired) electrons. The SMILES string of the molecule is Cc1cccc(OCc2nn(CC(=O)Nc3ccc(C)cc3C)c(=S)o2)c1. The Morgan fingerprint density at radius 1 is 1.19 bits per heavy atom. The van der Waals surface area contributed by atoms with Crippen molar-refractivity contribution in [3.8, 4) is 5.75 Å². The predicted molar refractivity (Wildman–Crippen MR) is 105 cm³/mol. The molecule has 0 spiro atoms. The highest BCUT2D eigenvalue weighted by atomic mass is 32.1. The second kappa shape index (κ2) is 8.18. The Bertz CT molecular complexity index is 1020. The normalized spacial score (nSPS) is 10.6. The fourth-order valence-corrected chi connectivity index (χ4v) is 2.84. The summed E-state index contributed by atoms with van der Waals surface area (Å²) in [4.78, 5) is 12.4. The summed E-state index contributed by atoms with van der Waals surface area (Å²) in [5.41, 5.74) is 4.01. The molecule has 0 bridgehead atoms. The predicted octanol–water partition coefficient (Wildman–Crippen LogP) is 4.35. The average Bonchev–Trinajstić information content (AvgIpc) is 2.95. The van der Waals surface area contributed by atoms with Gasteiger partial charge in [0.05, 0.1) is 0 Å². The van der Waals surface area contributed by atoms with E-state index in [0.29, 0.717) is 5.89 Å². The maximum atomic E-state index is 12.3. The number of amides is 1. The molecule has 1 N–H and O–H groups in total. The molecule has 140 valence electrons. The Morgan fingerprint density at radius 2 is 1.96 bits per heavy atom. The number of hydrogen-bond acceptors (Lipinski definition) is 5. The van der Waals surface area contributed by atoms with E-state index in [9.17, 15) is 4.79 Å². The molecule has 27 heavy (non-hydrogen) atoms. The summed E-state index contributed by atoms with van der Waals surface area (Å²) in [7, 11) is 0. The summed E-state index contributed by atoms with van der Waals surface area (Å²) >= 11 is 5.15. The van der Waals surface area contributed by atoms with Gasteiger partial charge in [0.15, 0.2) is 6.61 Å². The molecule has 0 aliphatic heterocycles. The Balaban J connectivity index is 1.62. The van der Waals surface area contributed by atoms with Crippen molar-refractivity contribution in [3.05, 3.63) is 69.9 Å². The number of anilines is 1. The minimum Gasteiger partial charge on any atom is -0.484 e. The lowest BCUT2D eigenvalue weighted by molar-refractivity contribution is -0.117. The molecule has 1 amide bonds. The van der Waals surface area contributed by atoms with Crippen LogP contribution in [-0.4, -0.2) is 15.7 Å². The fraction of sp³-hybridized carbons (Fsp3) is 0.250. The lowest BCUT2D eigenvalue weighted by Gasteiger charge is -2.08. The van der Waals surface area contributed by atoms with E-state index in [1.165, 1.54) is 4.68 Å². The van der Waals surface area contributed by atoms with Crippen LogP contribution < -0.4 is 10.1 Å². The summed E-state index contributed by atoms with van der Waals surface area (Å²) in [5.74, 6) is 0.816. The highest BCUT2D eigenvalue weighted by Crippen LogP contribution is 2.16. The third-order valence-electron chi connectivity index (χ3n) is 3.95. The summed E-state index contributed by atoms with van der Waals surface area (Å²) in [5, 5.41) is 7.09. The zero-order valence-corrected chi connectivity index (χ0v) is 16.3. The molecule has 0 saturated heterocycles. The number of aryl methyl sites for hydroxylation is 3. The molecule has 7 heteroatoms. The number of aromatic nitrogens is 2. The Hall–Kier alpha value is -2.93. The standard InChI is InChI=1S/C20H21N3O3S/c1-13-5-4-6-16(10-13)25-12-19-22-23(20(27)26-19)11-18(24)21-17-8-7-14(2)9-15(17)3/h4-10H,11-12H2,1-3H3,(H,21,24). The Kier molecular flexibility index (Phi) is 5.71. The molecule has 0 saturated carbocycles. The van der Waals surface area contributed by atoms with Gasteiger partial charge in [-0.1, -0.05) is 29.8 Å². The van der Waals surface area contributed by atoms with Crippen molar-refractivity contribution < 1.29 is 13.9 Å². The molecule has 0 aliphatic rings. The number of nitrogens with zero attached hydrogens (tertiary/aromatic N) is 2. The van der Waals surface area contributed by atoms with Crippen LogP contribution in [0.1, 0.15) is 22.6 Å². The minimum absolute atomic E-state index is 0.0277. The van der Waals surface area contributed by atoms with E-state index < -0.39 is 0 Å². The van der Waals surface area contributed by atoms with Gasteiger partial charge in [0, 0.05) is 5.69 Å². The number of carbonyl (C=O) groups is 1. The van der Waals surface area contributed by atoms with Crippen molar-refractivity contribution in [2.75, 3.05) is 5.32 Å². The number of carbonyl (C=O) groups excluding carboxylic acids is 1. The lowest BCUT2D eigenvalue weighted by Crippen LogP contribution is -2.20. The molecule has 2 aromatic carbocycles. The second-order valence-corrected chi connectivity index (χ2v) is 6.74. The first-order valence-corrected chi connectivity index (χ1v) is 8.95. The third kappa shape index (κ3) is 5.04. The number of nitrogens with one attached hydrogen (secondary N) is 1. The minimum atomic E-state index is -0.225. The number of ether oxygens (including phenoxy) is 1. The molecule has 0 aliphatic carbocycles. The highest BCUT2D eigenvalue weighted by molar-refractivity contribution is 7.71. The zero-order chi connectivity index (χ0) is 19.4. The van der Waals surface area contributed by atoms with E-state index in [1.54, 1.807) is 0 Å². The summed E-state index contributed by atoms with van der Waals surface area (Å²) in [6.07, 6.45) is 0. The van der Waals surface area contributed by atoms with Crippen LogP contribution in [0.4, 0.5) is 5.69 Å². The van der Waals surface area contributed by atoms with Crippen LogP contribution >= 0.6 is 12.2 Å². The smallest absolute Gasteiger partial charge is 0.287 e. The second-order valence-electron chi connectivity index (χ2n) is 6.39. The first-order chi connectivity index (χ1) is 12.9. The van der Waals surface area contributed by atoms with Gasteiger partial charge >= 0.3 is 0 Å². The first kappa shape index (κ1) is 18.8. The summed E-state index contributed by atoms with van der Waals surface area (Å²) in [6.45, 7) is 6.05. The van der Waals surface area contributed by atoms with Crippen LogP contribution in [0.2, 0.25) is 0 Å². The largest absolute Gasteiger partial charge is 0.484 e. The molecule has 3 aromatic rings. The summed E-state index contributed by atoms with van der Waals surface area (Å²) in [6, 6.07) is 13.5. The Labute approximate surface area is 162 Å². The van der Waals surface area contributed by atoms with Gasteiger partial charge in [0.2, 0.25) is 5.91 Å². The monoisotopic (exact) mass is 383 g/mol. The maximum absolute atomic E-state index is 12.3. The average molecular weight is 383 g/mol.